The second-order valence-electron chi connectivity index (χ2n) is 9.42. The fraction of sp³-hybridized carbons (Fsp3) is 0.357. The largest absolute Gasteiger partial charge is 0.463 e. The normalized spacial score (nSPS) is 15.4. The minimum Gasteiger partial charge on any atom is -0.463 e. The summed E-state index contributed by atoms with van der Waals surface area (Å²) in [6.07, 6.45) is -3.26. The maximum Gasteiger partial charge on any atom is 0.416 e. The second kappa shape index (κ2) is 11.3. The minimum absolute atomic E-state index is 0.110. The fourth-order valence-electron chi connectivity index (χ4n) is 4.58. The van der Waals surface area contributed by atoms with Gasteiger partial charge in [0.05, 0.1) is 29.4 Å². The van der Waals surface area contributed by atoms with E-state index in [1.807, 2.05) is 19.0 Å². The molecule has 2 aromatic carbocycles. The lowest BCUT2D eigenvalue weighted by Crippen LogP contribution is -2.34. The van der Waals surface area contributed by atoms with Crippen molar-refractivity contribution in [3.05, 3.63) is 82.3 Å². The third kappa shape index (κ3) is 5.81. The zero-order valence-corrected chi connectivity index (χ0v) is 22.2. The van der Waals surface area contributed by atoms with E-state index in [1.165, 1.54) is 17.0 Å². The van der Waals surface area contributed by atoms with Crippen LogP contribution < -0.4 is 4.90 Å². The maximum absolute atomic E-state index is 13.6. The fourth-order valence-corrected chi connectivity index (χ4v) is 4.58. The Morgan fingerprint density at radius 1 is 1.18 bits per heavy atom. The molecule has 0 fully saturated rings. The van der Waals surface area contributed by atoms with Crippen LogP contribution in [0, 0.1) is 11.3 Å². The van der Waals surface area contributed by atoms with Gasteiger partial charge in [0.2, 0.25) is 5.95 Å². The van der Waals surface area contributed by atoms with Gasteiger partial charge in [0.15, 0.2) is 5.82 Å². The first-order valence-electron chi connectivity index (χ1n) is 12.5. The van der Waals surface area contributed by atoms with Gasteiger partial charge in [-0.05, 0) is 76.8 Å². The summed E-state index contributed by atoms with van der Waals surface area (Å²) in [4.78, 5) is 21.7. The molecular formula is C28H29F3N6O2. The standard InChI is InChI=1S/C28H29F3N6O2/c1-5-39-26(38)24-18(2)36(22-9-6-8-21(16-22)28(29,30)31)27-33-23(10-7-15-35(3)4)34-37(27)25(24)20-13-11-19(17-32)12-14-20/h6,8-9,11-14,16,25H,5,7,10,15H2,1-4H3. The zero-order valence-electron chi connectivity index (χ0n) is 22.2. The predicted octanol–water partition coefficient (Wildman–Crippen LogP) is 5.24. The number of ether oxygens (including phenoxy) is 1. The Balaban J connectivity index is 1.94. The molecule has 0 aliphatic carbocycles. The van der Waals surface area contributed by atoms with Crippen molar-refractivity contribution < 1.29 is 22.7 Å². The third-order valence-electron chi connectivity index (χ3n) is 6.39. The van der Waals surface area contributed by atoms with E-state index in [0.29, 0.717) is 29.1 Å². The van der Waals surface area contributed by atoms with Crippen LogP contribution in [0.15, 0.2) is 59.8 Å². The smallest absolute Gasteiger partial charge is 0.416 e. The highest BCUT2D eigenvalue weighted by Gasteiger charge is 2.40. The number of anilines is 2. The van der Waals surface area contributed by atoms with Crippen LogP contribution >= 0.6 is 0 Å². The number of fused-ring (bicyclic) bond motifs is 1. The van der Waals surface area contributed by atoms with Crippen molar-refractivity contribution in [1.29, 1.82) is 5.26 Å². The van der Waals surface area contributed by atoms with Crippen LogP contribution in [0.25, 0.3) is 0 Å². The van der Waals surface area contributed by atoms with Gasteiger partial charge in [-0.3, -0.25) is 4.90 Å². The van der Waals surface area contributed by atoms with Crippen LogP contribution in [0.2, 0.25) is 0 Å². The minimum atomic E-state index is -4.55. The SMILES string of the molecule is CCOC(=O)C1=C(C)N(c2cccc(C(F)(F)F)c2)c2nc(CCCN(C)C)nn2C1c1ccc(C#N)cc1. The van der Waals surface area contributed by atoms with Crippen molar-refractivity contribution in [2.75, 3.05) is 32.1 Å². The Labute approximate surface area is 224 Å². The molecule has 39 heavy (non-hydrogen) atoms. The molecule has 11 heteroatoms. The van der Waals surface area contributed by atoms with Gasteiger partial charge in [-0.1, -0.05) is 18.2 Å². The summed E-state index contributed by atoms with van der Waals surface area (Å²) in [5, 5.41) is 14.0. The molecule has 204 valence electrons. The Morgan fingerprint density at radius 2 is 1.90 bits per heavy atom. The average Bonchev–Trinajstić information content (AvgIpc) is 3.30. The molecule has 0 saturated carbocycles. The predicted molar refractivity (Wildman–Crippen MR) is 139 cm³/mol. The Hall–Kier alpha value is -4.17. The monoisotopic (exact) mass is 538 g/mol. The van der Waals surface area contributed by atoms with Crippen LogP contribution in [0.5, 0.6) is 0 Å². The van der Waals surface area contributed by atoms with E-state index in [4.69, 9.17) is 14.8 Å². The first-order valence-corrected chi connectivity index (χ1v) is 12.5. The number of nitrogens with zero attached hydrogens (tertiary/aromatic N) is 6. The summed E-state index contributed by atoms with van der Waals surface area (Å²) in [5.74, 6) is 0.172. The highest BCUT2D eigenvalue weighted by Crippen LogP contribution is 2.43. The van der Waals surface area contributed by atoms with E-state index < -0.39 is 23.8 Å². The summed E-state index contributed by atoms with van der Waals surface area (Å²) in [6, 6.07) is 12.9. The lowest BCUT2D eigenvalue weighted by atomic mass is 9.94. The number of rotatable bonds is 8. The molecule has 1 aliphatic rings. The van der Waals surface area contributed by atoms with Crippen LogP contribution in [0.3, 0.4) is 0 Å². The van der Waals surface area contributed by atoms with Gasteiger partial charge < -0.3 is 9.64 Å². The topological polar surface area (TPSA) is 87.3 Å². The van der Waals surface area contributed by atoms with E-state index in [2.05, 4.69) is 6.07 Å². The van der Waals surface area contributed by atoms with Gasteiger partial charge in [-0.2, -0.15) is 28.5 Å². The number of hydrogen-bond acceptors (Lipinski definition) is 7. The van der Waals surface area contributed by atoms with Gasteiger partial charge in [0.1, 0.15) is 6.04 Å². The molecule has 0 spiro atoms. The van der Waals surface area contributed by atoms with Crippen molar-refractivity contribution in [1.82, 2.24) is 19.7 Å². The number of esters is 1. The summed E-state index contributed by atoms with van der Waals surface area (Å²) < 4.78 is 47.8. The van der Waals surface area contributed by atoms with E-state index in [1.54, 1.807) is 42.8 Å². The number of aromatic nitrogens is 3. The molecule has 0 amide bonds. The number of benzene rings is 2. The van der Waals surface area contributed by atoms with Crippen molar-refractivity contribution in [3.63, 3.8) is 0 Å². The van der Waals surface area contributed by atoms with Gasteiger partial charge in [0, 0.05) is 17.8 Å². The third-order valence-corrected chi connectivity index (χ3v) is 6.39. The number of nitriles is 1. The first kappa shape index (κ1) is 27.9. The van der Waals surface area contributed by atoms with Crippen molar-refractivity contribution in [2.24, 2.45) is 0 Å². The highest BCUT2D eigenvalue weighted by atomic mass is 19.4. The highest BCUT2D eigenvalue weighted by molar-refractivity contribution is 5.93. The first-order chi connectivity index (χ1) is 18.5. The number of allylic oxidation sites excluding steroid dienone is 1. The second-order valence-corrected chi connectivity index (χ2v) is 9.42. The van der Waals surface area contributed by atoms with E-state index in [9.17, 15) is 23.2 Å². The number of hydrogen-bond donors (Lipinski definition) is 0. The zero-order chi connectivity index (χ0) is 28.3. The van der Waals surface area contributed by atoms with E-state index in [-0.39, 0.29) is 23.8 Å². The molecule has 2 heterocycles. The Kier molecular flexibility index (Phi) is 8.06. The van der Waals surface area contributed by atoms with Crippen LogP contribution in [-0.4, -0.2) is 52.9 Å². The molecule has 3 aromatic rings. The molecular weight excluding hydrogens is 509 g/mol. The lowest BCUT2D eigenvalue weighted by molar-refractivity contribution is -0.139. The van der Waals surface area contributed by atoms with Crippen LogP contribution in [-0.2, 0) is 22.1 Å². The van der Waals surface area contributed by atoms with Crippen molar-refractivity contribution in [2.45, 2.75) is 38.9 Å². The quantitative estimate of drug-likeness (QED) is 0.363. The summed E-state index contributed by atoms with van der Waals surface area (Å²) in [6.45, 7) is 4.25. The molecule has 1 atom stereocenters. The van der Waals surface area contributed by atoms with Crippen LogP contribution in [0.4, 0.5) is 24.8 Å². The molecule has 4 rings (SSSR count). The number of alkyl halides is 3. The maximum atomic E-state index is 13.6. The van der Waals surface area contributed by atoms with Crippen molar-refractivity contribution in [3.8, 4) is 6.07 Å². The molecule has 1 unspecified atom stereocenters. The molecule has 0 saturated heterocycles. The van der Waals surface area contributed by atoms with Gasteiger partial charge >= 0.3 is 12.1 Å². The van der Waals surface area contributed by atoms with E-state index >= 15 is 0 Å². The number of aryl methyl sites for hydroxylation is 1. The van der Waals surface area contributed by atoms with Crippen molar-refractivity contribution >= 4 is 17.6 Å². The van der Waals surface area contributed by atoms with Gasteiger partial charge in [-0.25, -0.2) is 9.48 Å². The summed E-state index contributed by atoms with van der Waals surface area (Å²) in [7, 11) is 3.92. The Bertz CT molecular complexity index is 1420. The number of carbonyl (C=O) groups excluding carboxylic acids is 1. The molecule has 0 bridgehead atoms. The van der Waals surface area contributed by atoms with Gasteiger partial charge in [0.25, 0.3) is 0 Å². The lowest BCUT2D eigenvalue weighted by Gasteiger charge is -2.35. The van der Waals surface area contributed by atoms with E-state index in [0.717, 1.165) is 25.1 Å². The Morgan fingerprint density at radius 3 is 2.51 bits per heavy atom. The van der Waals surface area contributed by atoms with Crippen LogP contribution in [0.1, 0.15) is 48.8 Å². The van der Waals surface area contributed by atoms with Gasteiger partial charge in [-0.15, -0.1) is 0 Å². The molecule has 1 aliphatic heterocycles. The summed E-state index contributed by atoms with van der Waals surface area (Å²) in [5.41, 5.74) is 1.07. The molecule has 1 aromatic heterocycles. The molecule has 0 radical (unpaired) electrons. The average molecular weight is 539 g/mol. The molecule has 8 nitrogen and oxygen atoms in total. The summed E-state index contributed by atoms with van der Waals surface area (Å²) >= 11 is 0. The number of carbonyl (C=O) groups is 1. The molecule has 0 N–H and O–H groups in total. The number of halogens is 3.